The summed E-state index contributed by atoms with van der Waals surface area (Å²) in [6.45, 7) is 1.99. The number of benzene rings is 1. The molecule has 3 N–H and O–H groups in total. The highest BCUT2D eigenvalue weighted by molar-refractivity contribution is 7.17. The Hall–Kier alpha value is -1.06. The van der Waals surface area contributed by atoms with E-state index in [4.69, 9.17) is 5.73 Å². The maximum Gasteiger partial charge on any atom is 0.116 e. The van der Waals surface area contributed by atoms with Crippen molar-refractivity contribution >= 4 is 21.4 Å². The molecule has 1 aromatic carbocycles. The highest BCUT2D eigenvalue weighted by Crippen LogP contribution is 2.29. The second-order valence-corrected chi connectivity index (χ2v) is 4.53. The zero-order chi connectivity index (χ0) is 10.1. The first-order valence-electron chi connectivity index (χ1n) is 4.61. The van der Waals surface area contributed by atoms with Crippen LogP contribution in [0.1, 0.15) is 12.5 Å². The lowest BCUT2D eigenvalue weighted by Gasteiger charge is -2.03. The molecule has 2 nitrogen and oxygen atoms in total. The molecule has 74 valence electrons. The van der Waals surface area contributed by atoms with E-state index in [1.54, 1.807) is 17.4 Å². The van der Waals surface area contributed by atoms with Gasteiger partial charge in [-0.1, -0.05) is 0 Å². The van der Waals surface area contributed by atoms with Crippen molar-refractivity contribution in [3.8, 4) is 5.75 Å². The minimum atomic E-state index is 0.162. The van der Waals surface area contributed by atoms with E-state index >= 15 is 0 Å². The van der Waals surface area contributed by atoms with Crippen LogP contribution in [0.3, 0.4) is 0 Å². The summed E-state index contributed by atoms with van der Waals surface area (Å²) in [4.78, 5) is 0. The van der Waals surface area contributed by atoms with Gasteiger partial charge in [-0.2, -0.15) is 0 Å². The van der Waals surface area contributed by atoms with E-state index in [1.165, 1.54) is 10.3 Å². The fourth-order valence-electron chi connectivity index (χ4n) is 1.57. The van der Waals surface area contributed by atoms with E-state index in [1.807, 2.05) is 19.1 Å². The van der Waals surface area contributed by atoms with Crippen molar-refractivity contribution in [1.29, 1.82) is 0 Å². The molecule has 0 saturated heterocycles. The summed E-state index contributed by atoms with van der Waals surface area (Å²) in [6, 6.07) is 5.63. The summed E-state index contributed by atoms with van der Waals surface area (Å²) in [5.74, 6) is 0.321. The van der Waals surface area contributed by atoms with E-state index in [-0.39, 0.29) is 6.04 Å². The number of nitrogens with two attached hydrogens (primary N) is 1. The molecule has 0 spiro atoms. The second-order valence-electron chi connectivity index (χ2n) is 3.62. The third-order valence-electron chi connectivity index (χ3n) is 2.18. The molecule has 1 aromatic heterocycles. The summed E-state index contributed by atoms with van der Waals surface area (Å²) in [7, 11) is 0. The normalized spacial score (nSPS) is 13.3. The van der Waals surface area contributed by atoms with Gasteiger partial charge in [-0.05, 0) is 47.9 Å². The van der Waals surface area contributed by atoms with Crippen LogP contribution in [0.2, 0.25) is 0 Å². The summed E-state index contributed by atoms with van der Waals surface area (Å²) in [5.41, 5.74) is 6.99. The van der Waals surface area contributed by atoms with Gasteiger partial charge in [0.2, 0.25) is 0 Å². The summed E-state index contributed by atoms with van der Waals surface area (Å²) in [5, 5.41) is 12.6. The van der Waals surface area contributed by atoms with E-state index in [0.29, 0.717) is 5.75 Å². The number of phenolic OH excluding ortho intramolecular Hbond substituents is 1. The standard InChI is InChI=1S/C11H13NOS/c1-7(12)4-8-6-14-11-3-2-9(13)5-10(8)11/h2-3,5-7,13H,4,12H2,1H3. The van der Waals surface area contributed by atoms with Crippen LogP contribution in [0.25, 0.3) is 10.1 Å². The van der Waals surface area contributed by atoms with Crippen molar-refractivity contribution in [2.45, 2.75) is 19.4 Å². The molecule has 2 aromatic rings. The Morgan fingerprint density at radius 2 is 2.29 bits per heavy atom. The van der Waals surface area contributed by atoms with Crippen LogP contribution >= 0.6 is 11.3 Å². The molecule has 3 heteroatoms. The third-order valence-corrected chi connectivity index (χ3v) is 3.19. The molecule has 14 heavy (non-hydrogen) atoms. The molecular formula is C11H13NOS. The number of hydrogen-bond acceptors (Lipinski definition) is 3. The van der Waals surface area contributed by atoms with Crippen LogP contribution in [0.4, 0.5) is 0 Å². The highest BCUT2D eigenvalue weighted by atomic mass is 32.1. The lowest BCUT2D eigenvalue weighted by atomic mass is 10.1. The highest BCUT2D eigenvalue weighted by Gasteiger charge is 2.06. The Kier molecular flexibility index (Phi) is 2.44. The van der Waals surface area contributed by atoms with E-state index < -0.39 is 0 Å². The molecule has 0 aliphatic rings. The van der Waals surface area contributed by atoms with Crippen molar-refractivity contribution < 1.29 is 5.11 Å². The molecule has 0 amide bonds. The lowest BCUT2D eigenvalue weighted by molar-refractivity contribution is 0.476. The van der Waals surface area contributed by atoms with E-state index in [2.05, 4.69) is 5.38 Å². The Bertz CT molecular complexity index is 447. The van der Waals surface area contributed by atoms with E-state index in [9.17, 15) is 5.11 Å². The van der Waals surface area contributed by atoms with Crippen molar-refractivity contribution in [2.24, 2.45) is 5.73 Å². The summed E-state index contributed by atoms with van der Waals surface area (Å²) in [6.07, 6.45) is 0.865. The van der Waals surface area contributed by atoms with Crippen molar-refractivity contribution in [1.82, 2.24) is 0 Å². The van der Waals surface area contributed by atoms with Gasteiger partial charge in [0.25, 0.3) is 0 Å². The van der Waals surface area contributed by atoms with Crippen LogP contribution in [-0.2, 0) is 6.42 Å². The first kappa shape index (κ1) is 9.49. The first-order valence-corrected chi connectivity index (χ1v) is 5.49. The third kappa shape index (κ3) is 1.74. The van der Waals surface area contributed by atoms with Crippen LogP contribution in [0, 0.1) is 0 Å². The Morgan fingerprint density at radius 1 is 1.50 bits per heavy atom. The average molecular weight is 207 g/mol. The quantitative estimate of drug-likeness (QED) is 0.794. The summed E-state index contributed by atoms with van der Waals surface area (Å²) >= 11 is 1.70. The van der Waals surface area contributed by atoms with Crippen LogP contribution in [0.5, 0.6) is 5.75 Å². The van der Waals surface area contributed by atoms with Gasteiger partial charge in [-0.25, -0.2) is 0 Å². The van der Waals surface area contributed by atoms with Gasteiger partial charge in [0, 0.05) is 10.7 Å². The molecule has 0 fully saturated rings. The fourth-order valence-corrected chi connectivity index (χ4v) is 2.53. The van der Waals surface area contributed by atoms with E-state index in [0.717, 1.165) is 11.8 Å². The predicted octanol–water partition coefficient (Wildman–Crippen LogP) is 2.50. The van der Waals surface area contributed by atoms with Gasteiger partial charge in [0.1, 0.15) is 5.75 Å². The molecule has 1 unspecified atom stereocenters. The van der Waals surface area contributed by atoms with Crippen LogP contribution in [-0.4, -0.2) is 11.1 Å². The zero-order valence-electron chi connectivity index (χ0n) is 8.03. The van der Waals surface area contributed by atoms with Gasteiger partial charge in [0.15, 0.2) is 0 Å². The molecule has 0 radical (unpaired) electrons. The number of rotatable bonds is 2. The van der Waals surface area contributed by atoms with Crippen molar-refractivity contribution in [2.75, 3.05) is 0 Å². The molecule has 1 heterocycles. The molecule has 0 aliphatic heterocycles. The monoisotopic (exact) mass is 207 g/mol. The Balaban J connectivity index is 2.50. The molecule has 1 atom stereocenters. The molecule has 0 saturated carbocycles. The minimum absolute atomic E-state index is 0.162. The number of phenols is 1. The smallest absolute Gasteiger partial charge is 0.116 e. The van der Waals surface area contributed by atoms with Gasteiger partial charge < -0.3 is 10.8 Å². The van der Waals surface area contributed by atoms with Gasteiger partial charge >= 0.3 is 0 Å². The van der Waals surface area contributed by atoms with Crippen molar-refractivity contribution in [3.05, 3.63) is 29.1 Å². The first-order chi connectivity index (χ1) is 6.66. The van der Waals surface area contributed by atoms with Gasteiger partial charge in [0.05, 0.1) is 0 Å². The second kappa shape index (κ2) is 3.59. The lowest BCUT2D eigenvalue weighted by Crippen LogP contribution is -2.17. The maximum absolute atomic E-state index is 9.38. The Morgan fingerprint density at radius 3 is 3.00 bits per heavy atom. The fraction of sp³-hybridized carbons (Fsp3) is 0.273. The number of fused-ring (bicyclic) bond motifs is 1. The topological polar surface area (TPSA) is 46.2 Å². The number of aromatic hydroxyl groups is 1. The van der Waals surface area contributed by atoms with Crippen LogP contribution in [0.15, 0.2) is 23.6 Å². The van der Waals surface area contributed by atoms with Crippen LogP contribution < -0.4 is 5.73 Å². The zero-order valence-corrected chi connectivity index (χ0v) is 8.84. The minimum Gasteiger partial charge on any atom is -0.508 e. The molecule has 2 rings (SSSR count). The largest absolute Gasteiger partial charge is 0.508 e. The maximum atomic E-state index is 9.38. The molecular weight excluding hydrogens is 194 g/mol. The number of thiophene rings is 1. The van der Waals surface area contributed by atoms with Crippen molar-refractivity contribution in [3.63, 3.8) is 0 Å². The van der Waals surface area contributed by atoms with Gasteiger partial charge in [-0.3, -0.25) is 0 Å². The van der Waals surface area contributed by atoms with Gasteiger partial charge in [-0.15, -0.1) is 11.3 Å². The molecule has 0 aliphatic carbocycles. The SMILES string of the molecule is CC(N)Cc1csc2ccc(O)cc12. The summed E-state index contributed by atoms with van der Waals surface area (Å²) < 4.78 is 1.21. The average Bonchev–Trinajstić information content (AvgIpc) is 2.47. The predicted molar refractivity (Wildman–Crippen MR) is 60.8 cm³/mol. The number of hydrogen-bond donors (Lipinski definition) is 2. The molecule has 0 bridgehead atoms. The Labute approximate surface area is 87.0 Å².